The molecule has 0 saturated heterocycles. The van der Waals surface area contributed by atoms with Crippen LogP contribution < -0.4 is 0 Å². The van der Waals surface area contributed by atoms with E-state index in [0.717, 1.165) is 12.8 Å². The van der Waals surface area contributed by atoms with Crippen LogP contribution in [0.5, 0.6) is 0 Å². The molecule has 0 aromatic heterocycles. The highest BCUT2D eigenvalue weighted by molar-refractivity contribution is 5.76. The number of methoxy groups -OCH3 is 1. The molecular weight excluding hydrogens is 164 g/mol. The molecule has 0 unspecified atom stereocenters. The molecule has 0 heterocycles. The Morgan fingerprint density at radius 3 is 2.54 bits per heavy atom. The van der Waals surface area contributed by atoms with Crippen LogP contribution in [0.3, 0.4) is 0 Å². The highest BCUT2D eigenvalue weighted by atomic mass is 16.5. The van der Waals surface area contributed by atoms with Gasteiger partial charge in [-0.2, -0.15) is 0 Å². The van der Waals surface area contributed by atoms with Crippen LogP contribution in [0.25, 0.3) is 0 Å². The van der Waals surface area contributed by atoms with Gasteiger partial charge in [-0.05, 0) is 38.0 Å². The number of carbonyl (C=O) groups is 1. The van der Waals surface area contributed by atoms with Gasteiger partial charge in [0, 0.05) is 0 Å². The summed E-state index contributed by atoms with van der Waals surface area (Å²) in [6, 6.07) is 0. The van der Waals surface area contributed by atoms with Gasteiger partial charge in [0.2, 0.25) is 0 Å². The smallest absolute Gasteiger partial charge is 0.311 e. The van der Waals surface area contributed by atoms with E-state index in [0.29, 0.717) is 11.8 Å². The Kier molecular flexibility index (Phi) is 2.99. The second-order valence-corrected chi connectivity index (χ2v) is 4.80. The molecule has 1 saturated carbocycles. The Balaban J connectivity index is 2.61. The van der Waals surface area contributed by atoms with Crippen molar-refractivity contribution in [2.24, 2.45) is 17.3 Å². The highest BCUT2D eigenvalue weighted by Gasteiger charge is 2.42. The minimum absolute atomic E-state index is 0.0318. The Hall–Kier alpha value is -0.530. The van der Waals surface area contributed by atoms with Gasteiger partial charge in [0.25, 0.3) is 0 Å². The number of esters is 1. The zero-order chi connectivity index (χ0) is 10.1. The predicted octanol–water partition coefficient (Wildman–Crippen LogP) is 2.62. The van der Waals surface area contributed by atoms with Crippen LogP contribution in [0.4, 0.5) is 0 Å². The minimum atomic E-state index is -0.205. The largest absolute Gasteiger partial charge is 0.469 e. The standard InChI is InChI=1S/C11H20O2/c1-8(2)9-5-6-11(3,7-9)10(12)13-4/h8-9H,5-7H2,1-4H3/t9-,11-/m0/s1. The first-order valence-electron chi connectivity index (χ1n) is 5.08. The van der Waals surface area contributed by atoms with Crippen LogP contribution in [0.1, 0.15) is 40.0 Å². The van der Waals surface area contributed by atoms with Gasteiger partial charge in [0.05, 0.1) is 12.5 Å². The summed E-state index contributed by atoms with van der Waals surface area (Å²) < 4.78 is 4.83. The first-order chi connectivity index (χ1) is 5.99. The van der Waals surface area contributed by atoms with Crippen LogP contribution >= 0.6 is 0 Å². The molecule has 0 aliphatic heterocycles. The van der Waals surface area contributed by atoms with Crippen molar-refractivity contribution < 1.29 is 9.53 Å². The molecule has 0 spiro atoms. The van der Waals surface area contributed by atoms with Crippen LogP contribution in [0, 0.1) is 17.3 Å². The van der Waals surface area contributed by atoms with E-state index in [1.54, 1.807) is 0 Å². The summed E-state index contributed by atoms with van der Waals surface area (Å²) in [5, 5.41) is 0. The molecule has 2 atom stereocenters. The SMILES string of the molecule is COC(=O)[C@@]1(C)CC[C@H](C(C)C)C1. The lowest BCUT2D eigenvalue weighted by molar-refractivity contribution is -0.151. The van der Waals surface area contributed by atoms with Crippen molar-refractivity contribution in [1.29, 1.82) is 0 Å². The third-order valence-electron chi connectivity index (χ3n) is 3.40. The Labute approximate surface area is 80.7 Å². The average molecular weight is 184 g/mol. The normalized spacial score (nSPS) is 33.8. The molecule has 0 bridgehead atoms. The molecule has 76 valence electrons. The summed E-state index contributed by atoms with van der Waals surface area (Å²) in [5.41, 5.74) is -0.205. The molecule has 13 heavy (non-hydrogen) atoms. The highest BCUT2D eigenvalue weighted by Crippen LogP contribution is 2.45. The lowest BCUT2D eigenvalue weighted by Crippen LogP contribution is -2.26. The Bertz CT molecular complexity index is 198. The summed E-state index contributed by atoms with van der Waals surface area (Å²) in [5.74, 6) is 1.35. The summed E-state index contributed by atoms with van der Waals surface area (Å²) in [4.78, 5) is 11.5. The van der Waals surface area contributed by atoms with Crippen LogP contribution in [0.2, 0.25) is 0 Å². The van der Waals surface area contributed by atoms with Crippen molar-refractivity contribution in [2.75, 3.05) is 7.11 Å². The van der Waals surface area contributed by atoms with Gasteiger partial charge in [-0.25, -0.2) is 0 Å². The molecule has 1 aliphatic carbocycles. The Morgan fingerprint density at radius 1 is 1.54 bits per heavy atom. The number of hydrogen-bond acceptors (Lipinski definition) is 2. The first kappa shape index (κ1) is 10.6. The zero-order valence-electron chi connectivity index (χ0n) is 9.09. The number of hydrogen-bond donors (Lipinski definition) is 0. The van der Waals surface area contributed by atoms with E-state index in [2.05, 4.69) is 13.8 Å². The number of carbonyl (C=O) groups excluding carboxylic acids is 1. The fourth-order valence-electron chi connectivity index (χ4n) is 2.29. The third-order valence-corrected chi connectivity index (χ3v) is 3.40. The first-order valence-corrected chi connectivity index (χ1v) is 5.08. The predicted molar refractivity (Wildman–Crippen MR) is 52.3 cm³/mol. The van der Waals surface area contributed by atoms with Crippen LogP contribution in [-0.4, -0.2) is 13.1 Å². The van der Waals surface area contributed by atoms with Crippen molar-refractivity contribution in [1.82, 2.24) is 0 Å². The monoisotopic (exact) mass is 184 g/mol. The maximum atomic E-state index is 11.5. The van der Waals surface area contributed by atoms with Crippen molar-refractivity contribution in [3.05, 3.63) is 0 Å². The number of rotatable bonds is 2. The van der Waals surface area contributed by atoms with Crippen molar-refractivity contribution >= 4 is 5.97 Å². The topological polar surface area (TPSA) is 26.3 Å². The van der Waals surface area contributed by atoms with Crippen LogP contribution in [0.15, 0.2) is 0 Å². The summed E-state index contributed by atoms with van der Waals surface area (Å²) in [6.45, 7) is 6.49. The molecule has 0 N–H and O–H groups in total. The van der Waals surface area contributed by atoms with Gasteiger partial charge in [0.1, 0.15) is 0 Å². The summed E-state index contributed by atoms with van der Waals surface area (Å²) in [6.07, 6.45) is 3.16. The van der Waals surface area contributed by atoms with E-state index in [1.165, 1.54) is 13.5 Å². The molecule has 1 rings (SSSR count). The molecule has 0 amide bonds. The quantitative estimate of drug-likeness (QED) is 0.617. The fraction of sp³-hybridized carbons (Fsp3) is 0.909. The maximum Gasteiger partial charge on any atom is 0.311 e. The van der Waals surface area contributed by atoms with Crippen molar-refractivity contribution in [3.8, 4) is 0 Å². The summed E-state index contributed by atoms with van der Waals surface area (Å²) >= 11 is 0. The Morgan fingerprint density at radius 2 is 2.15 bits per heavy atom. The molecule has 2 heteroatoms. The van der Waals surface area contributed by atoms with Gasteiger partial charge < -0.3 is 4.74 Å². The molecule has 1 fully saturated rings. The van der Waals surface area contributed by atoms with Crippen LogP contribution in [-0.2, 0) is 9.53 Å². The van der Waals surface area contributed by atoms with E-state index in [9.17, 15) is 4.79 Å². The fourth-order valence-corrected chi connectivity index (χ4v) is 2.29. The van der Waals surface area contributed by atoms with E-state index in [-0.39, 0.29) is 11.4 Å². The molecule has 1 aliphatic rings. The molecule has 0 aromatic carbocycles. The minimum Gasteiger partial charge on any atom is -0.469 e. The van der Waals surface area contributed by atoms with Gasteiger partial charge >= 0.3 is 5.97 Å². The van der Waals surface area contributed by atoms with E-state index in [1.807, 2.05) is 6.92 Å². The van der Waals surface area contributed by atoms with Gasteiger partial charge in [0.15, 0.2) is 0 Å². The van der Waals surface area contributed by atoms with Crippen molar-refractivity contribution in [3.63, 3.8) is 0 Å². The molecule has 0 aromatic rings. The third kappa shape index (κ3) is 2.04. The maximum absolute atomic E-state index is 11.5. The lowest BCUT2D eigenvalue weighted by atomic mass is 9.85. The second-order valence-electron chi connectivity index (χ2n) is 4.80. The van der Waals surface area contributed by atoms with Gasteiger partial charge in [-0.15, -0.1) is 0 Å². The average Bonchev–Trinajstić information content (AvgIpc) is 2.48. The molecular formula is C11H20O2. The second kappa shape index (κ2) is 3.69. The van der Waals surface area contributed by atoms with Gasteiger partial charge in [-0.3, -0.25) is 4.79 Å². The summed E-state index contributed by atoms with van der Waals surface area (Å²) in [7, 11) is 1.48. The van der Waals surface area contributed by atoms with Crippen molar-refractivity contribution in [2.45, 2.75) is 40.0 Å². The van der Waals surface area contributed by atoms with E-state index >= 15 is 0 Å². The van der Waals surface area contributed by atoms with Gasteiger partial charge in [-0.1, -0.05) is 13.8 Å². The lowest BCUT2D eigenvalue weighted by Gasteiger charge is -2.21. The zero-order valence-corrected chi connectivity index (χ0v) is 9.09. The number of ether oxygens (including phenoxy) is 1. The van der Waals surface area contributed by atoms with E-state index < -0.39 is 0 Å². The van der Waals surface area contributed by atoms with E-state index in [4.69, 9.17) is 4.74 Å². The molecule has 0 radical (unpaired) electrons. The molecule has 2 nitrogen and oxygen atoms in total.